The zero-order valence-corrected chi connectivity index (χ0v) is 25.2. The number of likely N-dealkylation sites (N-methyl/N-ethyl adjacent to an activating group) is 1. The van der Waals surface area contributed by atoms with E-state index in [1.165, 1.54) is 12.1 Å². The molecule has 7 rings (SSSR count). The number of nitrogens with one attached hydrogen (secondary N) is 3. The molecule has 9 nitrogen and oxygen atoms in total. The number of amides is 1. The van der Waals surface area contributed by atoms with Crippen LogP contribution in [0, 0.1) is 11.7 Å². The molecular weight excluding hydrogens is 569 g/mol. The van der Waals surface area contributed by atoms with Gasteiger partial charge in [0.05, 0.1) is 23.1 Å². The molecule has 1 saturated carbocycles. The fourth-order valence-electron chi connectivity index (χ4n) is 6.05. The van der Waals surface area contributed by atoms with Gasteiger partial charge in [-0.25, -0.2) is 9.37 Å². The van der Waals surface area contributed by atoms with Gasteiger partial charge >= 0.3 is 0 Å². The fraction of sp³-hybridized carbons (Fsp3) is 0.257. The molecule has 45 heavy (non-hydrogen) atoms. The Kier molecular flexibility index (Phi) is 7.72. The summed E-state index contributed by atoms with van der Waals surface area (Å²) in [5.41, 5.74) is 7.14. The molecule has 0 saturated heterocycles. The van der Waals surface area contributed by atoms with Crippen molar-refractivity contribution in [3.63, 3.8) is 0 Å². The Labute approximate surface area is 259 Å². The lowest BCUT2D eigenvalue weighted by molar-refractivity contribution is -0.119. The number of rotatable bonds is 9. The van der Waals surface area contributed by atoms with Crippen LogP contribution in [0.3, 0.4) is 0 Å². The van der Waals surface area contributed by atoms with Crippen molar-refractivity contribution in [2.45, 2.75) is 25.7 Å². The molecule has 4 aromatic heterocycles. The lowest BCUT2D eigenvalue weighted by Crippen LogP contribution is -2.20. The molecule has 1 aliphatic carbocycles. The highest BCUT2D eigenvalue weighted by Crippen LogP contribution is 2.36. The Bertz CT molecular complexity index is 2010. The summed E-state index contributed by atoms with van der Waals surface area (Å²) in [5, 5.41) is 12.6. The molecule has 0 radical (unpaired) electrons. The monoisotopic (exact) mass is 603 g/mol. The Morgan fingerprint density at radius 2 is 1.87 bits per heavy atom. The molecule has 1 aliphatic rings. The highest BCUT2D eigenvalue weighted by atomic mass is 19.1. The normalized spacial score (nSPS) is 13.7. The molecule has 0 bridgehead atoms. The van der Waals surface area contributed by atoms with Gasteiger partial charge in [-0.1, -0.05) is 18.9 Å². The molecule has 4 heterocycles. The number of carbonyl (C=O) groups excluding carboxylic acids is 1. The van der Waals surface area contributed by atoms with E-state index in [1.807, 2.05) is 55.4 Å². The Morgan fingerprint density at radius 1 is 1.00 bits per heavy atom. The SMILES string of the molecule is CN(C)CCOc1cc(F)cc(-c2ccnc3[nH]c(-c4n[nH]c5ccc(-c6cncc(NC(=O)C7CCCC7)c6)cc45)cc23)c1. The van der Waals surface area contributed by atoms with Gasteiger partial charge < -0.3 is 19.9 Å². The summed E-state index contributed by atoms with van der Waals surface area (Å²) in [7, 11) is 3.93. The number of aromatic nitrogens is 5. The Morgan fingerprint density at radius 3 is 2.71 bits per heavy atom. The molecule has 228 valence electrons. The van der Waals surface area contributed by atoms with Crippen molar-refractivity contribution in [3.8, 4) is 39.4 Å². The Balaban J connectivity index is 1.20. The van der Waals surface area contributed by atoms with Gasteiger partial charge in [0, 0.05) is 47.3 Å². The average Bonchev–Trinajstić information content (AvgIpc) is 3.80. The average molecular weight is 604 g/mol. The molecule has 0 aliphatic heterocycles. The maximum absolute atomic E-state index is 14.7. The predicted molar refractivity (Wildman–Crippen MR) is 174 cm³/mol. The summed E-state index contributed by atoms with van der Waals surface area (Å²) in [4.78, 5) is 27.1. The fourth-order valence-corrected chi connectivity index (χ4v) is 6.05. The van der Waals surface area contributed by atoms with Gasteiger partial charge in [0.1, 0.15) is 29.5 Å². The zero-order chi connectivity index (χ0) is 30.9. The number of aromatic amines is 2. The van der Waals surface area contributed by atoms with E-state index in [0.717, 1.165) is 76.6 Å². The number of benzene rings is 2. The van der Waals surface area contributed by atoms with Crippen LogP contribution in [0.5, 0.6) is 5.75 Å². The van der Waals surface area contributed by atoms with Gasteiger partial charge in [0.15, 0.2) is 0 Å². The van der Waals surface area contributed by atoms with Crippen molar-refractivity contribution >= 4 is 33.5 Å². The quantitative estimate of drug-likeness (QED) is 0.163. The second-order valence-corrected chi connectivity index (χ2v) is 11.9. The van der Waals surface area contributed by atoms with E-state index >= 15 is 0 Å². The zero-order valence-electron chi connectivity index (χ0n) is 25.2. The van der Waals surface area contributed by atoms with Gasteiger partial charge in [-0.2, -0.15) is 5.10 Å². The first-order chi connectivity index (χ1) is 21.9. The third kappa shape index (κ3) is 6.01. The van der Waals surface area contributed by atoms with E-state index in [1.54, 1.807) is 18.6 Å². The molecule has 0 spiro atoms. The van der Waals surface area contributed by atoms with Crippen LogP contribution in [0.1, 0.15) is 25.7 Å². The van der Waals surface area contributed by atoms with Crippen LogP contribution >= 0.6 is 0 Å². The molecule has 10 heteroatoms. The minimum absolute atomic E-state index is 0.0668. The van der Waals surface area contributed by atoms with Crippen molar-refractivity contribution in [1.29, 1.82) is 0 Å². The second-order valence-electron chi connectivity index (χ2n) is 11.9. The number of hydrogen-bond donors (Lipinski definition) is 3. The summed E-state index contributed by atoms with van der Waals surface area (Å²) >= 11 is 0. The van der Waals surface area contributed by atoms with Crippen molar-refractivity contribution < 1.29 is 13.9 Å². The van der Waals surface area contributed by atoms with Crippen molar-refractivity contribution in [2.75, 3.05) is 32.6 Å². The van der Waals surface area contributed by atoms with E-state index in [4.69, 9.17) is 4.74 Å². The predicted octanol–water partition coefficient (Wildman–Crippen LogP) is 7.04. The highest BCUT2D eigenvalue weighted by Gasteiger charge is 2.23. The highest BCUT2D eigenvalue weighted by molar-refractivity contribution is 6.01. The molecular formula is C35H34FN7O2. The maximum atomic E-state index is 14.7. The van der Waals surface area contributed by atoms with Gasteiger partial charge in [0.2, 0.25) is 5.91 Å². The van der Waals surface area contributed by atoms with E-state index in [0.29, 0.717) is 29.3 Å². The number of fused-ring (bicyclic) bond motifs is 2. The van der Waals surface area contributed by atoms with Gasteiger partial charge in [-0.05, 0) is 86.1 Å². The Hall–Kier alpha value is -5.09. The van der Waals surface area contributed by atoms with E-state index < -0.39 is 0 Å². The lowest BCUT2D eigenvalue weighted by Gasteiger charge is -2.12. The standard InChI is InChI=1S/C35H34FN7O2/c1-43(2)11-12-45-27-15-23(13-25(36)17-27)28-9-10-38-34-29(28)18-32(40-34)33-30-16-22(7-8-31(30)41-42-33)24-14-26(20-37-19-24)39-35(44)21-5-3-4-6-21/h7-10,13-21H,3-6,11-12H2,1-2H3,(H,38,40)(H,39,44)(H,41,42). The number of carbonyl (C=O) groups is 1. The van der Waals surface area contributed by atoms with Crippen LogP contribution in [-0.4, -0.2) is 63.2 Å². The van der Waals surface area contributed by atoms with Gasteiger partial charge in [-0.3, -0.25) is 14.9 Å². The number of H-pyrrole nitrogens is 2. The van der Waals surface area contributed by atoms with Crippen molar-refractivity contribution in [2.24, 2.45) is 5.92 Å². The molecule has 2 aromatic carbocycles. The summed E-state index contributed by atoms with van der Waals surface area (Å²) < 4.78 is 20.5. The molecule has 0 atom stereocenters. The summed E-state index contributed by atoms with van der Waals surface area (Å²) in [6.07, 6.45) is 9.29. The lowest BCUT2D eigenvalue weighted by atomic mass is 10.0. The number of ether oxygens (including phenoxy) is 1. The number of hydrogen-bond acceptors (Lipinski definition) is 6. The van der Waals surface area contributed by atoms with Crippen LogP contribution < -0.4 is 10.1 Å². The topological polar surface area (TPSA) is 112 Å². The summed E-state index contributed by atoms with van der Waals surface area (Å²) in [6, 6.07) is 16.7. The van der Waals surface area contributed by atoms with Crippen LogP contribution in [0.25, 0.3) is 55.6 Å². The summed E-state index contributed by atoms with van der Waals surface area (Å²) in [5.74, 6) is 0.261. The molecule has 1 fully saturated rings. The van der Waals surface area contributed by atoms with Crippen LogP contribution in [0.4, 0.5) is 10.1 Å². The molecule has 6 aromatic rings. The van der Waals surface area contributed by atoms with Gasteiger partial charge in [0.25, 0.3) is 0 Å². The summed E-state index contributed by atoms with van der Waals surface area (Å²) in [6.45, 7) is 1.18. The third-order valence-electron chi connectivity index (χ3n) is 8.40. The van der Waals surface area contributed by atoms with E-state index in [9.17, 15) is 9.18 Å². The number of halogens is 1. The van der Waals surface area contributed by atoms with Gasteiger partial charge in [-0.15, -0.1) is 0 Å². The van der Waals surface area contributed by atoms with E-state index in [-0.39, 0.29) is 17.6 Å². The smallest absolute Gasteiger partial charge is 0.227 e. The van der Waals surface area contributed by atoms with Crippen LogP contribution in [0.2, 0.25) is 0 Å². The van der Waals surface area contributed by atoms with E-state index in [2.05, 4.69) is 36.5 Å². The minimum atomic E-state index is -0.365. The largest absolute Gasteiger partial charge is 0.492 e. The van der Waals surface area contributed by atoms with Crippen molar-refractivity contribution in [3.05, 3.63) is 79.0 Å². The first kappa shape index (κ1) is 28.7. The van der Waals surface area contributed by atoms with Crippen LogP contribution in [-0.2, 0) is 4.79 Å². The number of anilines is 1. The van der Waals surface area contributed by atoms with Crippen LogP contribution in [0.15, 0.2) is 73.2 Å². The molecule has 1 amide bonds. The number of pyridine rings is 2. The first-order valence-corrected chi connectivity index (χ1v) is 15.2. The van der Waals surface area contributed by atoms with Crippen molar-refractivity contribution in [1.82, 2.24) is 30.0 Å². The second kappa shape index (κ2) is 12.1. The molecule has 3 N–H and O–H groups in total. The first-order valence-electron chi connectivity index (χ1n) is 15.2. The third-order valence-corrected chi connectivity index (χ3v) is 8.40. The molecule has 0 unspecified atom stereocenters. The minimum Gasteiger partial charge on any atom is -0.492 e. The number of nitrogens with zero attached hydrogens (tertiary/aromatic N) is 4. The maximum Gasteiger partial charge on any atom is 0.227 e.